The number of rotatable bonds is 4. The molecule has 1 aliphatic carbocycles. The lowest BCUT2D eigenvalue weighted by atomic mass is 10.1. The maximum Gasteiger partial charge on any atom is 0.327 e. The van der Waals surface area contributed by atoms with E-state index < -0.39 is 17.6 Å². The van der Waals surface area contributed by atoms with Crippen molar-refractivity contribution in [3.63, 3.8) is 0 Å². The molecule has 0 aromatic carbocycles. The van der Waals surface area contributed by atoms with Crippen molar-refractivity contribution in [2.45, 2.75) is 43.6 Å². The number of nitrogens with zero attached hydrogens (tertiary/aromatic N) is 2. The number of carboxylic acids is 1. The first kappa shape index (κ1) is 15.4. The third-order valence-corrected chi connectivity index (χ3v) is 5.61. The van der Waals surface area contributed by atoms with Gasteiger partial charge >= 0.3 is 12.0 Å². The predicted octanol–water partition coefficient (Wildman–Crippen LogP) is 1.05. The molecule has 0 spiro atoms. The molecule has 2 atom stereocenters. The number of aliphatic carboxylic acids is 1. The van der Waals surface area contributed by atoms with E-state index in [1.807, 2.05) is 0 Å². The van der Waals surface area contributed by atoms with Crippen LogP contribution in [-0.4, -0.2) is 68.4 Å². The number of hydrogen-bond acceptors (Lipinski definition) is 4. The van der Waals surface area contributed by atoms with Gasteiger partial charge in [0.25, 0.3) is 0 Å². The molecule has 2 rings (SSSR count). The van der Waals surface area contributed by atoms with E-state index in [0.29, 0.717) is 11.7 Å². The topological polar surface area (TPSA) is 81.1 Å². The van der Waals surface area contributed by atoms with Crippen LogP contribution in [-0.2, 0) is 4.79 Å². The summed E-state index contributed by atoms with van der Waals surface area (Å²) < 4.78 is 0. The molecule has 114 valence electrons. The molecule has 1 aliphatic heterocycles. The second kappa shape index (κ2) is 5.44. The molecule has 0 bridgehead atoms. The van der Waals surface area contributed by atoms with Crippen molar-refractivity contribution < 1.29 is 19.8 Å². The zero-order chi connectivity index (χ0) is 15.1. The van der Waals surface area contributed by atoms with Crippen LogP contribution in [0.4, 0.5) is 4.79 Å². The molecule has 1 heterocycles. The van der Waals surface area contributed by atoms with Gasteiger partial charge in [-0.2, -0.15) is 0 Å². The lowest BCUT2D eigenvalue weighted by Gasteiger charge is -2.39. The number of carboxylic acid groups (broad SMARTS) is 1. The van der Waals surface area contributed by atoms with Crippen LogP contribution in [0.1, 0.15) is 26.7 Å². The highest BCUT2D eigenvalue weighted by Crippen LogP contribution is 2.46. The molecule has 2 amide bonds. The molecule has 6 nitrogen and oxygen atoms in total. The van der Waals surface area contributed by atoms with E-state index in [1.165, 1.54) is 9.80 Å². The SMILES string of the molecule is CN(C(=O)N1C(C(=O)O)CSC1C1CC1)C(C)(C)CO. The van der Waals surface area contributed by atoms with Gasteiger partial charge in [-0.1, -0.05) is 0 Å². The number of likely N-dealkylation sites (N-methyl/N-ethyl adjacent to an activating group) is 1. The Hall–Kier alpha value is -0.950. The molecule has 0 radical (unpaired) electrons. The lowest BCUT2D eigenvalue weighted by Crippen LogP contribution is -2.57. The number of urea groups is 1. The van der Waals surface area contributed by atoms with Gasteiger partial charge in [0.15, 0.2) is 0 Å². The summed E-state index contributed by atoms with van der Waals surface area (Å²) in [5.74, 6) is -0.0986. The van der Waals surface area contributed by atoms with Crippen molar-refractivity contribution >= 4 is 23.8 Å². The van der Waals surface area contributed by atoms with Crippen LogP contribution in [0, 0.1) is 5.92 Å². The first-order chi connectivity index (χ1) is 9.29. The number of carbonyl (C=O) groups is 2. The molecule has 0 aromatic heterocycles. The summed E-state index contributed by atoms with van der Waals surface area (Å²) in [5, 5.41) is 18.7. The van der Waals surface area contributed by atoms with E-state index in [-0.39, 0.29) is 18.0 Å². The van der Waals surface area contributed by atoms with Crippen LogP contribution in [0.5, 0.6) is 0 Å². The minimum atomic E-state index is -0.954. The maximum absolute atomic E-state index is 12.7. The summed E-state index contributed by atoms with van der Waals surface area (Å²) in [5.41, 5.74) is -0.707. The molecule has 2 N–H and O–H groups in total. The molecule has 7 heteroatoms. The van der Waals surface area contributed by atoms with Crippen molar-refractivity contribution in [3.05, 3.63) is 0 Å². The summed E-state index contributed by atoms with van der Waals surface area (Å²) in [6.07, 6.45) is 2.11. The summed E-state index contributed by atoms with van der Waals surface area (Å²) in [4.78, 5) is 27.0. The fourth-order valence-electron chi connectivity index (χ4n) is 2.24. The summed E-state index contributed by atoms with van der Waals surface area (Å²) in [7, 11) is 1.62. The number of aliphatic hydroxyl groups is 1. The summed E-state index contributed by atoms with van der Waals surface area (Å²) in [6, 6.07) is -1.08. The van der Waals surface area contributed by atoms with Crippen LogP contribution in [0.3, 0.4) is 0 Å². The van der Waals surface area contributed by atoms with E-state index in [2.05, 4.69) is 0 Å². The van der Waals surface area contributed by atoms with Crippen molar-refractivity contribution in [1.29, 1.82) is 0 Å². The van der Waals surface area contributed by atoms with Gasteiger partial charge in [0, 0.05) is 12.8 Å². The van der Waals surface area contributed by atoms with Crippen LogP contribution < -0.4 is 0 Å². The highest BCUT2D eigenvalue weighted by Gasteiger charge is 2.49. The zero-order valence-electron chi connectivity index (χ0n) is 12.1. The molecule has 1 saturated heterocycles. The van der Waals surface area contributed by atoms with Gasteiger partial charge in [-0.3, -0.25) is 4.90 Å². The van der Waals surface area contributed by atoms with Gasteiger partial charge in [-0.15, -0.1) is 11.8 Å². The molecule has 2 aliphatic rings. The van der Waals surface area contributed by atoms with Crippen LogP contribution in [0.2, 0.25) is 0 Å². The first-order valence-corrected chi connectivity index (χ1v) is 7.86. The standard InChI is InChI=1S/C13H22N2O4S/c1-13(2,7-16)14(3)12(19)15-9(11(17)18)6-20-10(15)8-4-5-8/h8-10,16H,4-7H2,1-3H3,(H,17,18). The third kappa shape index (κ3) is 2.74. The summed E-state index contributed by atoms with van der Waals surface area (Å²) >= 11 is 1.56. The van der Waals surface area contributed by atoms with Crippen molar-refractivity contribution in [3.8, 4) is 0 Å². The Labute approximate surface area is 123 Å². The Morgan fingerprint density at radius 1 is 1.40 bits per heavy atom. The van der Waals surface area contributed by atoms with E-state index in [1.54, 1.807) is 32.7 Å². The fraction of sp³-hybridized carbons (Fsp3) is 0.846. The van der Waals surface area contributed by atoms with E-state index in [0.717, 1.165) is 12.8 Å². The first-order valence-electron chi connectivity index (χ1n) is 6.81. The van der Waals surface area contributed by atoms with Gasteiger partial charge in [0.1, 0.15) is 6.04 Å². The lowest BCUT2D eigenvalue weighted by molar-refractivity contribution is -0.141. The van der Waals surface area contributed by atoms with Crippen molar-refractivity contribution in [1.82, 2.24) is 9.80 Å². The van der Waals surface area contributed by atoms with Crippen LogP contribution in [0.25, 0.3) is 0 Å². The second-order valence-electron chi connectivity index (χ2n) is 6.13. The van der Waals surface area contributed by atoms with E-state index in [9.17, 15) is 19.8 Å². The number of thioether (sulfide) groups is 1. The number of carbonyl (C=O) groups excluding carboxylic acids is 1. The molecule has 2 unspecified atom stereocenters. The number of aliphatic hydroxyl groups excluding tert-OH is 1. The van der Waals surface area contributed by atoms with Crippen LogP contribution in [0.15, 0.2) is 0 Å². The van der Waals surface area contributed by atoms with Crippen molar-refractivity contribution in [2.75, 3.05) is 19.4 Å². The monoisotopic (exact) mass is 302 g/mol. The van der Waals surface area contributed by atoms with Gasteiger partial charge in [-0.05, 0) is 32.6 Å². The Morgan fingerprint density at radius 3 is 2.45 bits per heavy atom. The van der Waals surface area contributed by atoms with E-state index >= 15 is 0 Å². The van der Waals surface area contributed by atoms with E-state index in [4.69, 9.17) is 0 Å². The predicted molar refractivity (Wildman–Crippen MR) is 76.6 cm³/mol. The minimum Gasteiger partial charge on any atom is -0.480 e. The number of amides is 2. The van der Waals surface area contributed by atoms with Gasteiger partial charge in [0.05, 0.1) is 17.5 Å². The molecule has 20 heavy (non-hydrogen) atoms. The van der Waals surface area contributed by atoms with Crippen molar-refractivity contribution in [2.24, 2.45) is 5.92 Å². The Balaban J connectivity index is 2.20. The fourth-order valence-corrected chi connectivity index (χ4v) is 3.87. The highest BCUT2D eigenvalue weighted by molar-refractivity contribution is 8.00. The smallest absolute Gasteiger partial charge is 0.327 e. The minimum absolute atomic E-state index is 0.0412. The zero-order valence-corrected chi connectivity index (χ0v) is 12.9. The summed E-state index contributed by atoms with van der Waals surface area (Å²) in [6.45, 7) is 3.36. The average Bonchev–Trinajstić information content (AvgIpc) is 3.15. The third-order valence-electron chi connectivity index (χ3n) is 4.15. The van der Waals surface area contributed by atoms with Crippen LogP contribution >= 0.6 is 11.8 Å². The van der Waals surface area contributed by atoms with Gasteiger partial charge in [0.2, 0.25) is 0 Å². The quantitative estimate of drug-likeness (QED) is 0.811. The molecule has 0 aromatic rings. The van der Waals surface area contributed by atoms with Gasteiger partial charge < -0.3 is 15.1 Å². The Morgan fingerprint density at radius 2 is 2.00 bits per heavy atom. The molecular formula is C13H22N2O4S. The largest absolute Gasteiger partial charge is 0.480 e. The number of hydrogen-bond donors (Lipinski definition) is 2. The molecule has 2 fully saturated rings. The Bertz CT molecular complexity index is 411. The normalized spacial score (nSPS) is 26.7. The average molecular weight is 302 g/mol. The Kier molecular flexibility index (Phi) is 4.20. The maximum atomic E-state index is 12.7. The molecule has 1 saturated carbocycles. The highest BCUT2D eigenvalue weighted by atomic mass is 32.2. The second-order valence-corrected chi connectivity index (χ2v) is 7.28. The van der Waals surface area contributed by atoms with Gasteiger partial charge in [-0.25, -0.2) is 9.59 Å². The molecular weight excluding hydrogens is 280 g/mol.